The highest BCUT2D eigenvalue weighted by Crippen LogP contribution is 2.42. The monoisotopic (exact) mass is 178 g/mol. The van der Waals surface area contributed by atoms with Crippen molar-refractivity contribution in [1.29, 1.82) is 0 Å². The highest BCUT2D eigenvalue weighted by Gasteiger charge is 2.40. The fourth-order valence-corrected chi connectivity index (χ4v) is 2.93. The van der Waals surface area contributed by atoms with Crippen molar-refractivity contribution in [3.8, 4) is 0 Å². The van der Waals surface area contributed by atoms with Gasteiger partial charge in [-0.25, -0.2) is 0 Å². The highest BCUT2D eigenvalue weighted by atomic mass is 16.1. The van der Waals surface area contributed by atoms with Crippen LogP contribution in [0.15, 0.2) is 11.6 Å². The minimum atomic E-state index is -0.108. The first-order chi connectivity index (χ1) is 6.12. The molecule has 13 heavy (non-hydrogen) atoms. The molecule has 0 spiro atoms. The molecule has 2 atom stereocenters. The SMILES string of the molecule is CC1=CC2(C)CCCCC(C1)C2=O. The smallest absolute Gasteiger partial charge is 0.145 e. The zero-order chi connectivity index (χ0) is 9.47. The summed E-state index contributed by atoms with van der Waals surface area (Å²) in [6.07, 6.45) is 7.90. The molecule has 0 aromatic carbocycles. The van der Waals surface area contributed by atoms with E-state index in [2.05, 4.69) is 19.9 Å². The second kappa shape index (κ2) is 2.97. The summed E-state index contributed by atoms with van der Waals surface area (Å²) in [5, 5.41) is 0. The van der Waals surface area contributed by atoms with Crippen molar-refractivity contribution in [2.75, 3.05) is 0 Å². The first kappa shape index (κ1) is 8.98. The summed E-state index contributed by atoms with van der Waals surface area (Å²) in [6, 6.07) is 0. The molecule has 72 valence electrons. The lowest BCUT2D eigenvalue weighted by Crippen LogP contribution is -2.34. The van der Waals surface area contributed by atoms with Crippen LogP contribution in [0.25, 0.3) is 0 Å². The lowest BCUT2D eigenvalue weighted by molar-refractivity contribution is -0.130. The van der Waals surface area contributed by atoms with Gasteiger partial charge in [-0.15, -0.1) is 0 Å². The van der Waals surface area contributed by atoms with Crippen molar-refractivity contribution < 1.29 is 4.79 Å². The van der Waals surface area contributed by atoms with E-state index in [1.807, 2.05) is 0 Å². The molecule has 1 fully saturated rings. The fraction of sp³-hybridized carbons (Fsp3) is 0.750. The van der Waals surface area contributed by atoms with Crippen LogP contribution in [0.3, 0.4) is 0 Å². The molecule has 1 saturated carbocycles. The van der Waals surface area contributed by atoms with Gasteiger partial charge in [0, 0.05) is 11.3 Å². The van der Waals surface area contributed by atoms with Crippen molar-refractivity contribution in [2.45, 2.75) is 46.0 Å². The van der Waals surface area contributed by atoms with E-state index in [1.54, 1.807) is 0 Å². The molecule has 2 aliphatic rings. The summed E-state index contributed by atoms with van der Waals surface area (Å²) in [7, 11) is 0. The number of carbonyl (C=O) groups excluding carboxylic acids is 1. The Morgan fingerprint density at radius 3 is 3.00 bits per heavy atom. The summed E-state index contributed by atoms with van der Waals surface area (Å²) < 4.78 is 0. The number of fused-ring (bicyclic) bond motifs is 2. The summed E-state index contributed by atoms with van der Waals surface area (Å²) in [5.74, 6) is 0.855. The zero-order valence-electron chi connectivity index (χ0n) is 8.60. The van der Waals surface area contributed by atoms with Crippen LogP contribution >= 0.6 is 0 Å². The van der Waals surface area contributed by atoms with Gasteiger partial charge < -0.3 is 0 Å². The summed E-state index contributed by atoms with van der Waals surface area (Å²) in [5.41, 5.74) is 1.32. The van der Waals surface area contributed by atoms with Crippen molar-refractivity contribution in [3.63, 3.8) is 0 Å². The van der Waals surface area contributed by atoms with Gasteiger partial charge in [0.25, 0.3) is 0 Å². The zero-order valence-corrected chi connectivity index (χ0v) is 8.60. The van der Waals surface area contributed by atoms with E-state index in [0.717, 1.165) is 19.3 Å². The van der Waals surface area contributed by atoms with Crippen LogP contribution in [0, 0.1) is 11.3 Å². The van der Waals surface area contributed by atoms with Gasteiger partial charge in [0.1, 0.15) is 5.78 Å². The van der Waals surface area contributed by atoms with Crippen molar-refractivity contribution in [3.05, 3.63) is 11.6 Å². The number of allylic oxidation sites excluding steroid dienone is 2. The predicted octanol–water partition coefficient (Wildman–Crippen LogP) is 3.10. The van der Waals surface area contributed by atoms with Gasteiger partial charge in [0.2, 0.25) is 0 Å². The van der Waals surface area contributed by atoms with E-state index in [4.69, 9.17) is 0 Å². The maximum absolute atomic E-state index is 12.1. The molecule has 1 heteroatoms. The topological polar surface area (TPSA) is 17.1 Å². The molecule has 2 rings (SSSR count). The molecule has 0 N–H and O–H groups in total. The Balaban J connectivity index is 2.38. The predicted molar refractivity (Wildman–Crippen MR) is 53.4 cm³/mol. The molecule has 1 nitrogen and oxygen atoms in total. The molecule has 0 amide bonds. The van der Waals surface area contributed by atoms with Crippen molar-refractivity contribution >= 4 is 5.78 Å². The maximum atomic E-state index is 12.1. The molecule has 0 heterocycles. The molecule has 0 aromatic rings. The van der Waals surface area contributed by atoms with Crippen LogP contribution in [-0.2, 0) is 4.79 Å². The molecule has 0 radical (unpaired) electrons. The van der Waals surface area contributed by atoms with Gasteiger partial charge in [-0.3, -0.25) is 4.79 Å². The molecule has 0 aliphatic heterocycles. The van der Waals surface area contributed by atoms with Gasteiger partial charge >= 0.3 is 0 Å². The molecule has 0 aromatic heterocycles. The van der Waals surface area contributed by atoms with Crippen molar-refractivity contribution in [2.24, 2.45) is 11.3 Å². The summed E-state index contributed by atoms with van der Waals surface area (Å²) in [6.45, 7) is 4.29. The second-order valence-corrected chi connectivity index (χ2v) is 4.92. The van der Waals surface area contributed by atoms with E-state index in [9.17, 15) is 4.79 Å². The normalized spacial score (nSPS) is 39.7. The van der Waals surface area contributed by atoms with Gasteiger partial charge in [-0.1, -0.05) is 24.5 Å². The molecule has 2 aliphatic carbocycles. The van der Waals surface area contributed by atoms with Gasteiger partial charge in [-0.2, -0.15) is 0 Å². The van der Waals surface area contributed by atoms with Gasteiger partial charge in [0.15, 0.2) is 0 Å². The van der Waals surface area contributed by atoms with Crippen LogP contribution < -0.4 is 0 Å². The first-order valence-electron chi connectivity index (χ1n) is 5.34. The molecule has 2 unspecified atom stereocenters. The summed E-state index contributed by atoms with van der Waals surface area (Å²) >= 11 is 0. The number of Topliss-reactive ketones (excluding diaryl/α,β-unsaturated/α-hetero) is 1. The van der Waals surface area contributed by atoms with Crippen LogP contribution in [0.1, 0.15) is 46.0 Å². The Kier molecular flexibility index (Phi) is 2.05. The lowest BCUT2D eigenvalue weighted by atomic mass is 9.71. The third kappa shape index (κ3) is 1.45. The van der Waals surface area contributed by atoms with Gasteiger partial charge in [-0.05, 0) is 33.1 Å². The lowest BCUT2D eigenvalue weighted by Gasteiger charge is -2.31. The molecule has 2 bridgehead atoms. The first-order valence-corrected chi connectivity index (χ1v) is 5.34. The average Bonchev–Trinajstić information content (AvgIpc) is 2.18. The second-order valence-electron chi connectivity index (χ2n) is 4.92. The van der Waals surface area contributed by atoms with Crippen molar-refractivity contribution in [1.82, 2.24) is 0 Å². The number of ketones is 1. The fourth-order valence-electron chi connectivity index (χ4n) is 2.93. The Hall–Kier alpha value is -0.590. The molecular weight excluding hydrogens is 160 g/mol. The molecule has 0 saturated heterocycles. The Bertz CT molecular complexity index is 264. The van der Waals surface area contributed by atoms with Crippen LogP contribution in [0.5, 0.6) is 0 Å². The number of hydrogen-bond acceptors (Lipinski definition) is 1. The quantitative estimate of drug-likeness (QED) is 0.521. The largest absolute Gasteiger partial charge is 0.298 e. The van der Waals surface area contributed by atoms with E-state index in [1.165, 1.54) is 18.4 Å². The van der Waals surface area contributed by atoms with Crippen LogP contribution in [-0.4, -0.2) is 5.78 Å². The van der Waals surface area contributed by atoms with Crippen LogP contribution in [0.4, 0.5) is 0 Å². The van der Waals surface area contributed by atoms with Crippen LogP contribution in [0.2, 0.25) is 0 Å². The average molecular weight is 178 g/mol. The number of hydrogen-bond donors (Lipinski definition) is 0. The minimum absolute atomic E-state index is 0.108. The Morgan fingerprint density at radius 1 is 1.46 bits per heavy atom. The van der Waals surface area contributed by atoms with E-state index in [0.29, 0.717) is 11.7 Å². The van der Waals surface area contributed by atoms with E-state index in [-0.39, 0.29) is 5.41 Å². The molecular formula is C12H18O. The Labute approximate surface area is 80.2 Å². The highest BCUT2D eigenvalue weighted by molar-refractivity contribution is 5.90. The maximum Gasteiger partial charge on any atom is 0.145 e. The Morgan fingerprint density at radius 2 is 2.23 bits per heavy atom. The van der Waals surface area contributed by atoms with E-state index >= 15 is 0 Å². The standard InChI is InChI=1S/C12H18O/c1-9-7-10-5-3-4-6-12(2,8-9)11(10)13/h8,10H,3-7H2,1-2H3. The minimum Gasteiger partial charge on any atom is -0.298 e. The number of rotatable bonds is 0. The van der Waals surface area contributed by atoms with E-state index < -0.39 is 0 Å². The van der Waals surface area contributed by atoms with Gasteiger partial charge in [0.05, 0.1) is 0 Å². The third-order valence-corrected chi connectivity index (χ3v) is 3.57. The number of carbonyl (C=O) groups is 1. The summed E-state index contributed by atoms with van der Waals surface area (Å²) in [4.78, 5) is 12.1. The third-order valence-electron chi connectivity index (χ3n) is 3.57.